The predicted molar refractivity (Wildman–Crippen MR) is 122 cm³/mol. The van der Waals surface area contributed by atoms with Gasteiger partial charge in [-0.15, -0.1) is 11.3 Å². The number of thiophene rings is 1. The van der Waals surface area contributed by atoms with Crippen LogP contribution in [0.15, 0.2) is 64.8 Å². The molecule has 0 unspecified atom stereocenters. The number of carbonyl (C=O) groups excluding carboxylic acids is 1. The average molecular weight is 417 g/mol. The Balaban J connectivity index is 1.56. The lowest BCUT2D eigenvalue weighted by Gasteiger charge is -2.06. The molecule has 0 spiro atoms. The quantitative estimate of drug-likeness (QED) is 0.497. The van der Waals surface area contributed by atoms with Crippen molar-refractivity contribution >= 4 is 39.4 Å². The molecule has 0 aliphatic rings. The normalized spacial score (nSPS) is 11.3. The second kappa shape index (κ2) is 8.04. The summed E-state index contributed by atoms with van der Waals surface area (Å²) in [5, 5.41) is 7.76. The molecule has 0 saturated heterocycles. The molecule has 1 amide bonds. The summed E-state index contributed by atoms with van der Waals surface area (Å²) < 4.78 is 1.24. The van der Waals surface area contributed by atoms with Crippen LogP contribution in [0, 0.1) is 20.8 Å². The number of benzene rings is 2. The molecule has 0 aliphatic carbocycles. The number of amides is 1. The van der Waals surface area contributed by atoms with E-state index >= 15 is 0 Å². The van der Waals surface area contributed by atoms with Crippen molar-refractivity contribution in [2.45, 2.75) is 20.8 Å². The fraction of sp³-hybridized carbons (Fsp3) is 0.130. The number of fused-ring (bicyclic) bond motifs is 1. The van der Waals surface area contributed by atoms with Crippen LogP contribution in [0.3, 0.4) is 0 Å². The summed E-state index contributed by atoms with van der Waals surface area (Å²) in [4.78, 5) is 31.3. The van der Waals surface area contributed by atoms with Crippen molar-refractivity contribution in [3.05, 3.63) is 92.3 Å². The molecule has 2 aromatic heterocycles. The lowest BCUT2D eigenvalue weighted by molar-refractivity contribution is 0.102. The number of rotatable bonds is 4. The first-order valence-corrected chi connectivity index (χ1v) is 10.2. The zero-order valence-electron chi connectivity index (χ0n) is 16.8. The van der Waals surface area contributed by atoms with Crippen molar-refractivity contribution in [3.8, 4) is 0 Å². The third-order valence-electron chi connectivity index (χ3n) is 4.86. The second-order valence-electron chi connectivity index (χ2n) is 7.05. The number of nitrogens with zero attached hydrogens (tertiary/aromatic N) is 3. The second-order valence-corrected chi connectivity index (χ2v) is 8.25. The van der Waals surface area contributed by atoms with Gasteiger partial charge in [0, 0.05) is 16.1 Å². The highest BCUT2D eigenvalue weighted by Gasteiger charge is 2.11. The van der Waals surface area contributed by atoms with Crippen LogP contribution in [0.2, 0.25) is 0 Å². The van der Waals surface area contributed by atoms with Crippen molar-refractivity contribution in [2.24, 2.45) is 5.10 Å². The van der Waals surface area contributed by atoms with E-state index in [1.54, 1.807) is 30.5 Å². The summed E-state index contributed by atoms with van der Waals surface area (Å²) in [6.07, 6.45) is 3.00. The van der Waals surface area contributed by atoms with E-state index < -0.39 is 0 Å². The van der Waals surface area contributed by atoms with Crippen molar-refractivity contribution < 1.29 is 4.79 Å². The number of hydrogen-bond acceptors (Lipinski definition) is 5. The molecule has 1 N–H and O–H groups in total. The molecular formula is C23H20N4O2S. The van der Waals surface area contributed by atoms with E-state index in [0.717, 1.165) is 26.4 Å². The van der Waals surface area contributed by atoms with E-state index in [4.69, 9.17) is 0 Å². The van der Waals surface area contributed by atoms with Crippen molar-refractivity contribution in [2.75, 3.05) is 5.32 Å². The Morgan fingerprint density at radius 1 is 1.13 bits per heavy atom. The van der Waals surface area contributed by atoms with Crippen LogP contribution in [0.25, 0.3) is 10.2 Å². The van der Waals surface area contributed by atoms with Gasteiger partial charge in [0.05, 0.1) is 11.6 Å². The zero-order valence-corrected chi connectivity index (χ0v) is 17.7. The van der Waals surface area contributed by atoms with Gasteiger partial charge in [0.25, 0.3) is 11.5 Å². The SMILES string of the molecule is Cc1ccc(C(=O)Nc2cccc(/C=N/n3cnc4sc(C)c(C)c4c3=O)c2)cc1. The first-order valence-electron chi connectivity index (χ1n) is 9.42. The van der Waals surface area contributed by atoms with E-state index in [2.05, 4.69) is 15.4 Å². The number of nitrogens with one attached hydrogen (secondary N) is 1. The number of anilines is 1. The van der Waals surface area contributed by atoms with Gasteiger partial charge < -0.3 is 5.32 Å². The number of carbonyl (C=O) groups is 1. The Labute approximate surface area is 177 Å². The Hall–Kier alpha value is -3.58. The van der Waals surface area contributed by atoms with E-state index in [1.165, 1.54) is 22.3 Å². The third-order valence-corrected chi connectivity index (χ3v) is 5.98. The molecule has 0 atom stereocenters. The molecule has 7 heteroatoms. The van der Waals surface area contributed by atoms with E-state index in [1.807, 2.05) is 45.0 Å². The summed E-state index contributed by atoms with van der Waals surface area (Å²) in [6.45, 7) is 5.88. The molecule has 0 aliphatic heterocycles. The Bertz CT molecular complexity index is 1330. The monoisotopic (exact) mass is 416 g/mol. The van der Waals surface area contributed by atoms with Gasteiger partial charge in [0.2, 0.25) is 0 Å². The Morgan fingerprint density at radius 2 is 1.90 bits per heavy atom. The van der Waals surface area contributed by atoms with E-state index in [9.17, 15) is 9.59 Å². The Morgan fingerprint density at radius 3 is 2.67 bits per heavy atom. The van der Waals surface area contributed by atoms with Crippen molar-refractivity contribution in [1.82, 2.24) is 9.66 Å². The van der Waals surface area contributed by atoms with Gasteiger partial charge in [-0.05, 0) is 56.2 Å². The number of aryl methyl sites for hydroxylation is 3. The van der Waals surface area contributed by atoms with Gasteiger partial charge in [-0.25, -0.2) is 4.98 Å². The summed E-state index contributed by atoms with van der Waals surface area (Å²) in [5.41, 5.74) is 3.84. The van der Waals surface area contributed by atoms with Crippen LogP contribution in [-0.2, 0) is 0 Å². The maximum atomic E-state index is 12.7. The van der Waals surface area contributed by atoms with Gasteiger partial charge in [-0.3, -0.25) is 9.59 Å². The largest absolute Gasteiger partial charge is 0.322 e. The maximum Gasteiger partial charge on any atom is 0.282 e. The van der Waals surface area contributed by atoms with Crippen molar-refractivity contribution in [1.29, 1.82) is 0 Å². The fourth-order valence-electron chi connectivity index (χ4n) is 3.04. The smallest absolute Gasteiger partial charge is 0.282 e. The highest BCUT2D eigenvalue weighted by Crippen LogP contribution is 2.25. The summed E-state index contributed by atoms with van der Waals surface area (Å²) >= 11 is 1.51. The summed E-state index contributed by atoms with van der Waals surface area (Å²) in [6, 6.07) is 14.7. The molecule has 150 valence electrons. The first kappa shape index (κ1) is 19.7. The molecule has 6 nitrogen and oxygen atoms in total. The molecular weight excluding hydrogens is 396 g/mol. The van der Waals surface area contributed by atoms with Gasteiger partial charge in [-0.2, -0.15) is 9.78 Å². The summed E-state index contributed by atoms with van der Waals surface area (Å²) in [5.74, 6) is -0.182. The lowest BCUT2D eigenvalue weighted by Crippen LogP contribution is -2.17. The molecule has 0 bridgehead atoms. The topological polar surface area (TPSA) is 76.3 Å². The lowest BCUT2D eigenvalue weighted by atomic mass is 10.1. The van der Waals surface area contributed by atoms with E-state index in [-0.39, 0.29) is 11.5 Å². The molecule has 0 fully saturated rings. The molecule has 4 aromatic rings. The van der Waals surface area contributed by atoms with Crippen LogP contribution in [0.4, 0.5) is 5.69 Å². The molecule has 30 heavy (non-hydrogen) atoms. The van der Waals surface area contributed by atoms with Crippen molar-refractivity contribution in [3.63, 3.8) is 0 Å². The van der Waals surface area contributed by atoms with Crippen LogP contribution in [0.5, 0.6) is 0 Å². The minimum absolute atomic E-state index is 0.182. The van der Waals surface area contributed by atoms with Crippen LogP contribution < -0.4 is 10.9 Å². The Kier molecular flexibility index (Phi) is 5.29. The molecule has 2 aromatic carbocycles. The van der Waals surface area contributed by atoms with E-state index in [0.29, 0.717) is 16.6 Å². The maximum absolute atomic E-state index is 12.7. The minimum atomic E-state index is -0.193. The number of aromatic nitrogens is 2. The van der Waals surface area contributed by atoms with Gasteiger partial charge in [0.15, 0.2) is 0 Å². The minimum Gasteiger partial charge on any atom is -0.322 e. The first-order chi connectivity index (χ1) is 14.4. The van der Waals surface area contributed by atoms with Gasteiger partial charge >= 0.3 is 0 Å². The van der Waals surface area contributed by atoms with Gasteiger partial charge in [0.1, 0.15) is 11.2 Å². The highest BCUT2D eigenvalue weighted by atomic mass is 32.1. The van der Waals surface area contributed by atoms with Crippen LogP contribution in [-0.4, -0.2) is 21.8 Å². The molecule has 0 saturated carbocycles. The predicted octanol–water partition coefficient (Wildman–Crippen LogP) is 4.52. The molecule has 4 rings (SSSR count). The average Bonchev–Trinajstić information content (AvgIpc) is 3.02. The van der Waals surface area contributed by atoms with Crippen LogP contribution in [0.1, 0.15) is 31.9 Å². The fourth-order valence-corrected chi connectivity index (χ4v) is 4.03. The van der Waals surface area contributed by atoms with Gasteiger partial charge in [-0.1, -0.05) is 29.8 Å². The third kappa shape index (κ3) is 3.92. The standard InChI is InChI=1S/C23H20N4O2S/c1-14-7-9-18(10-8-14)21(28)26-19-6-4-5-17(11-19)12-25-27-13-24-22-20(23(27)29)15(2)16(3)30-22/h4-13H,1-3H3,(H,26,28)/b25-12+. The zero-order chi connectivity index (χ0) is 21.3. The highest BCUT2D eigenvalue weighted by molar-refractivity contribution is 7.18. The number of hydrogen-bond donors (Lipinski definition) is 1. The summed E-state index contributed by atoms with van der Waals surface area (Å²) in [7, 11) is 0. The molecule has 0 radical (unpaired) electrons. The van der Waals surface area contributed by atoms with Crippen LogP contribution >= 0.6 is 11.3 Å². The molecule has 2 heterocycles.